The van der Waals surface area contributed by atoms with Gasteiger partial charge in [-0.2, -0.15) is 0 Å². The highest BCUT2D eigenvalue weighted by Crippen LogP contribution is 2.41. The van der Waals surface area contributed by atoms with Crippen LogP contribution in [0.5, 0.6) is 0 Å². The van der Waals surface area contributed by atoms with Crippen molar-refractivity contribution < 1.29 is 4.79 Å². The third kappa shape index (κ3) is 3.99. The Labute approximate surface area is 155 Å². The maximum Gasteiger partial charge on any atom is 0.230 e. The number of halogens is 1. The average Bonchev–Trinajstić information content (AvgIpc) is 3.38. The molecule has 1 saturated carbocycles. The number of nitrogens with zero attached hydrogens (tertiary/aromatic N) is 1. The van der Waals surface area contributed by atoms with Crippen LogP contribution in [-0.4, -0.2) is 21.6 Å². The van der Waals surface area contributed by atoms with Gasteiger partial charge < -0.3 is 10.3 Å². The molecule has 4 nitrogen and oxygen atoms in total. The SMILES string of the molecule is O=C(CSc1nc2ccc(Cl)cc2[nH]1)NC(c1ccccc1)C1CC1. The molecule has 6 heteroatoms. The number of amides is 1. The molecule has 128 valence electrons. The van der Waals surface area contributed by atoms with Crippen molar-refractivity contribution in [3.63, 3.8) is 0 Å². The molecule has 0 aliphatic heterocycles. The highest BCUT2D eigenvalue weighted by atomic mass is 35.5. The second-order valence-corrected chi connectivity index (χ2v) is 7.69. The van der Waals surface area contributed by atoms with Crippen LogP contribution in [-0.2, 0) is 4.79 Å². The van der Waals surface area contributed by atoms with Gasteiger partial charge in [0.2, 0.25) is 5.91 Å². The lowest BCUT2D eigenvalue weighted by atomic mass is 10.0. The Morgan fingerprint density at radius 1 is 1.28 bits per heavy atom. The Hall–Kier alpha value is -1.98. The summed E-state index contributed by atoms with van der Waals surface area (Å²) in [5, 5.41) is 4.58. The summed E-state index contributed by atoms with van der Waals surface area (Å²) in [6.45, 7) is 0. The number of imidazole rings is 1. The number of benzene rings is 2. The number of hydrogen-bond acceptors (Lipinski definition) is 3. The van der Waals surface area contributed by atoms with E-state index in [0.29, 0.717) is 16.7 Å². The summed E-state index contributed by atoms with van der Waals surface area (Å²) in [6, 6.07) is 15.8. The van der Waals surface area contributed by atoms with Crippen molar-refractivity contribution in [1.29, 1.82) is 0 Å². The van der Waals surface area contributed by atoms with Gasteiger partial charge in [0.05, 0.1) is 22.8 Å². The maximum absolute atomic E-state index is 12.4. The lowest BCUT2D eigenvalue weighted by Gasteiger charge is -2.18. The molecule has 0 bridgehead atoms. The van der Waals surface area contributed by atoms with Crippen LogP contribution >= 0.6 is 23.4 Å². The number of fused-ring (bicyclic) bond motifs is 1. The zero-order valence-corrected chi connectivity index (χ0v) is 15.1. The van der Waals surface area contributed by atoms with Crippen LogP contribution in [0.2, 0.25) is 5.02 Å². The van der Waals surface area contributed by atoms with Gasteiger partial charge in [-0.05, 0) is 42.5 Å². The van der Waals surface area contributed by atoms with E-state index in [2.05, 4.69) is 27.4 Å². The third-order valence-corrected chi connectivity index (χ3v) is 5.44. The Morgan fingerprint density at radius 2 is 2.08 bits per heavy atom. The van der Waals surface area contributed by atoms with E-state index in [0.717, 1.165) is 16.2 Å². The molecule has 0 saturated heterocycles. The largest absolute Gasteiger partial charge is 0.348 e. The van der Waals surface area contributed by atoms with Crippen molar-refractivity contribution in [3.05, 3.63) is 59.1 Å². The topological polar surface area (TPSA) is 57.8 Å². The summed E-state index contributed by atoms with van der Waals surface area (Å²) in [5.74, 6) is 0.929. The minimum atomic E-state index is 0.0317. The van der Waals surface area contributed by atoms with Crippen molar-refractivity contribution >= 4 is 40.3 Å². The van der Waals surface area contributed by atoms with E-state index in [-0.39, 0.29) is 11.9 Å². The van der Waals surface area contributed by atoms with Crippen LogP contribution in [0.4, 0.5) is 0 Å². The zero-order chi connectivity index (χ0) is 17.2. The minimum Gasteiger partial charge on any atom is -0.348 e. The number of rotatable bonds is 6. The Balaban J connectivity index is 1.39. The first kappa shape index (κ1) is 16.5. The predicted octanol–water partition coefficient (Wildman–Crippen LogP) is 4.58. The van der Waals surface area contributed by atoms with Gasteiger partial charge in [-0.1, -0.05) is 53.7 Å². The van der Waals surface area contributed by atoms with Gasteiger partial charge in [0.15, 0.2) is 5.16 Å². The molecular formula is C19H18ClN3OS. The molecule has 1 unspecified atom stereocenters. The minimum absolute atomic E-state index is 0.0317. The van der Waals surface area contributed by atoms with Gasteiger partial charge in [-0.25, -0.2) is 4.98 Å². The Bertz CT molecular complexity index is 892. The van der Waals surface area contributed by atoms with Crippen molar-refractivity contribution in [2.24, 2.45) is 5.92 Å². The maximum atomic E-state index is 12.4. The first-order valence-corrected chi connectivity index (χ1v) is 9.68. The van der Waals surface area contributed by atoms with Gasteiger partial charge in [0.25, 0.3) is 0 Å². The number of H-pyrrole nitrogens is 1. The molecule has 4 rings (SSSR count). The van der Waals surface area contributed by atoms with Gasteiger partial charge in [0.1, 0.15) is 0 Å². The summed E-state index contributed by atoms with van der Waals surface area (Å²) in [4.78, 5) is 20.1. The van der Waals surface area contributed by atoms with Gasteiger partial charge in [0, 0.05) is 5.02 Å². The van der Waals surface area contributed by atoms with E-state index in [1.807, 2.05) is 36.4 Å². The summed E-state index contributed by atoms with van der Waals surface area (Å²) in [5.41, 5.74) is 2.92. The number of aromatic nitrogens is 2. The lowest BCUT2D eigenvalue weighted by Crippen LogP contribution is -2.31. The van der Waals surface area contributed by atoms with Gasteiger partial charge in [-0.15, -0.1) is 0 Å². The van der Waals surface area contributed by atoms with Gasteiger partial charge >= 0.3 is 0 Å². The van der Waals surface area contributed by atoms with E-state index in [9.17, 15) is 4.79 Å². The second-order valence-electron chi connectivity index (χ2n) is 6.29. The Morgan fingerprint density at radius 3 is 2.84 bits per heavy atom. The number of carbonyl (C=O) groups is 1. The molecule has 0 radical (unpaired) electrons. The van der Waals surface area contributed by atoms with Crippen LogP contribution in [0, 0.1) is 5.92 Å². The molecule has 1 aromatic heterocycles. The van der Waals surface area contributed by atoms with Crippen LogP contribution in [0.3, 0.4) is 0 Å². The van der Waals surface area contributed by atoms with Crippen LogP contribution in [0.25, 0.3) is 11.0 Å². The molecule has 1 fully saturated rings. The number of nitrogens with one attached hydrogen (secondary N) is 2. The number of carbonyl (C=O) groups excluding carboxylic acids is 1. The summed E-state index contributed by atoms with van der Waals surface area (Å²) >= 11 is 7.40. The van der Waals surface area contributed by atoms with E-state index >= 15 is 0 Å². The van der Waals surface area contributed by atoms with Crippen molar-refractivity contribution in [1.82, 2.24) is 15.3 Å². The first-order valence-electron chi connectivity index (χ1n) is 8.31. The third-order valence-electron chi connectivity index (χ3n) is 4.33. The van der Waals surface area contributed by atoms with Crippen LogP contribution in [0.15, 0.2) is 53.7 Å². The van der Waals surface area contributed by atoms with Crippen molar-refractivity contribution in [2.75, 3.05) is 5.75 Å². The number of aromatic amines is 1. The zero-order valence-electron chi connectivity index (χ0n) is 13.5. The summed E-state index contributed by atoms with van der Waals surface area (Å²) in [7, 11) is 0. The van der Waals surface area contributed by atoms with Crippen molar-refractivity contribution in [2.45, 2.75) is 24.0 Å². The highest BCUT2D eigenvalue weighted by Gasteiger charge is 2.33. The summed E-state index contributed by atoms with van der Waals surface area (Å²) in [6.07, 6.45) is 2.36. The normalized spacial score (nSPS) is 15.2. The number of hydrogen-bond donors (Lipinski definition) is 2. The van der Waals surface area contributed by atoms with E-state index in [4.69, 9.17) is 11.6 Å². The fourth-order valence-corrected chi connectivity index (χ4v) is 3.81. The van der Waals surface area contributed by atoms with Crippen molar-refractivity contribution in [3.8, 4) is 0 Å². The molecule has 1 atom stereocenters. The first-order chi connectivity index (χ1) is 12.2. The standard InChI is InChI=1S/C19H18ClN3OS/c20-14-8-9-15-16(10-14)22-19(21-15)25-11-17(24)23-18(13-6-7-13)12-4-2-1-3-5-12/h1-5,8-10,13,18H,6-7,11H2,(H,21,22)(H,23,24). The van der Waals surface area contributed by atoms with E-state index in [1.165, 1.54) is 30.2 Å². The molecule has 1 amide bonds. The number of thioether (sulfide) groups is 1. The van der Waals surface area contributed by atoms with Crippen LogP contribution < -0.4 is 5.32 Å². The lowest BCUT2D eigenvalue weighted by molar-refractivity contribution is -0.119. The van der Waals surface area contributed by atoms with E-state index in [1.54, 1.807) is 0 Å². The molecule has 2 N–H and O–H groups in total. The fourth-order valence-electron chi connectivity index (χ4n) is 2.94. The molecule has 3 aromatic rings. The molecule has 0 spiro atoms. The highest BCUT2D eigenvalue weighted by molar-refractivity contribution is 7.99. The second kappa shape index (κ2) is 7.10. The van der Waals surface area contributed by atoms with E-state index < -0.39 is 0 Å². The quantitative estimate of drug-likeness (QED) is 0.624. The average molecular weight is 372 g/mol. The summed E-state index contributed by atoms with van der Waals surface area (Å²) < 4.78 is 0. The monoisotopic (exact) mass is 371 g/mol. The Kier molecular flexibility index (Phi) is 4.68. The van der Waals surface area contributed by atoms with Gasteiger partial charge in [-0.3, -0.25) is 4.79 Å². The molecule has 1 heterocycles. The predicted molar refractivity (Wildman–Crippen MR) is 102 cm³/mol. The molecule has 1 aliphatic carbocycles. The molecule has 25 heavy (non-hydrogen) atoms. The fraction of sp³-hybridized carbons (Fsp3) is 0.263. The molecule has 2 aromatic carbocycles. The molecule has 1 aliphatic rings. The molecular weight excluding hydrogens is 354 g/mol. The smallest absolute Gasteiger partial charge is 0.230 e. The van der Waals surface area contributed by atoms with Crippen LogP contribution in [0.1, 0.15) is 24.4 Å².